The van der Waals surface area contributed by atoms with Gasteiger partial charge >= 0.3 is 0 Å². The summed E-state index contributed by atoms with van der Waals surface area (Å²) in [6, 6.07) is 7.48. The molecule has 0 atom stereocenters. The predicted octanol–water partition coefficient (Wildman–Crippen LogP) is 4.00. The summed E-state index contributed by atoms with van der Waals surface area (Å²) in [7, 11) is 3.37. The standard InChI is InChI=1S/C7H7N3S2/c1-11-12-7-4-2-6(3-5-7)9-10-8/h2-5H,1H3. The minimum absolute atomic E-state index is 0.656. The van der Waals surface area contributed by atoms with Crippen molar-refractivity contribution >= 4 is 27.3 Å². The Kier molecular flexibility index (Phi) is 3.87. The lowest BCUT2D eigenvalue weighted by molar-refractivity contribution is 1.41. The molecule has 0 aliphatic heterocycles. The minimum Gasteiger partial charge on any atom is -0.0924 e. The van der Waals surface area contributed by atoms with E-state index < -0.39 is 0 Å². The number of nitrogens with zero attached hydrogens (tertiary/aromatic N) is 3. The summed E-state index contributed by atoms with van der Waals surface area (Å²) >= 11 is 0. The van der Waals surface area contributed by atoms with Crippen molar-refractivity contribution in [2.75, 3.05) is 6.26 Å². The molecule has 1 aromatic rings. The molecule has 62 valence electrons. The first-order valence-corrected chi connectivity index (χ1v) is 5.78. The van der Waals surface area contributed by atoms with Gasteiger partial charge in [-0.15, -0.1) is 0 Å². The molecule has 0 aliphatic rings. The first-order chi connectivity index (χ1) is 5.86. The van der Waals surface area contributed by atoms with Crippen LogP contribution in [0.25, 0.3) is 10.4 Å². The largest absolute Gasteiger partial charge is 0.0924 e. The highest BCUT2D eigenvalue weighted by Gasteiger charge is 1.91. The van der Waals surface area contributed by atoms with Gasteiger partial charge in [-0.05, 0) is 23.9 Å². The Hall–Kier alpha value is -0.770. The second kappa shape index (κ2) is 4.98. The summed E-state index contributed by atoms with van der Waals surface area (Å²) in [6.07, 6.45) is 2.02. The number of hydrogen-bond acceptors (Lipinski definition) is 3. The summed E-state index contributed by atoms with van der Waals surface area (Å²) in [5, 5.41) is 3.47. The van der Waals surface area contributed by atoms with Crippen LogP contribution in [0.2, 0.25) is 0 Å². The molecule has 0 fully saturated rings. The van der Waals surface area contributed by atoms with Gasteiger partial charge in [-0.25, -0.2) is 0 Å². The van der Waals surface area contributed by atoms with Crippen LogP contribution in [-0.4, -0.2) is 6.26 Å². The topological polar surface area (TPSA) is 48.8 Å². The maximum Gasteiger partial charge on any atom is 0.0376 e. The maximum absolute atomic E-state index is 8.14. The zero-order valence-corrected chi connectivity index (χ0v) is 8.10. The molecule has 0 unspecified atom stereocenters. The molecule has 0 amide bonds. The van der Waals surface area contributed by atoms with E-state index in [0.29, 0.717) is 5.69 Å². The van der Waals surface area contributed by atoms with E-state index in [9.17, 15) is 0 Å². The van der Waals surface area contributed by atoms with E-state index >= 15 is 0 Å². The van der Waals surface area contributed by atoms with Gasteiger partial charge in [0.1, 0.15) is 0 Å². The lowest BCUT2D eigenvalue weighted by Crippen LogP contribution is -1.65. The Labute approximate surface area is 78.6 Å². The van der Waals surface area contributed by atoms with E-state index in [0.717, 1.165) is 0 Å². The predicted molar refractivity (Wildman–Crippen MR) is 54.6 cm³/mol. The van der Waals surface area contributed by atoms with Crippen molar-refractivity contribution in [3.8, 4) is 0 Å². The fraction of sp³-hybridized carbons (Fsp3) is 0.143. The molecule has 3 nitrogen and oxygen atoms in total. The first-order valence-electron chi connectivity index (χ1n) is 3.22. The van der Waals surface area contributed by atoms with Crippen LogP contribution >= 0.6 is 21.6 Å². The van der Waals surface area contributed by atoms with Crippen LogP contribution < -0.4 is 0 Å². The van der Waals surface area contributed by atoms with Crippen LogP contribution in [0.1, 0.15) is 0 Å². The second-order valence-corrected chi connectivity index (χ2v) is 4.40. The van der Waals surface area contributed by atoms with E-state index in [4.69, 9.17) is 5.53 Å². The Bertz CT molecular complexity index is 290. The van der Waals surface area contributed by atoms with Crippen LogP contribution in [0, 0.1) is 0 Å². The molecule has 0 bridgehead atoms. The SMILES string of the molecule is CSSc1ccc(N=[N+]=[N-])cc1. The first kappa shape index (κ1) is 9.32. The normalized spacial score (nSPS) is 9.08. The average Bonchev–Trinajstić information content (AvgIpc) is 2.09. The molecule has 0 aromatic heterocycles. The number of azide groups is 1. The number of rotatable bonds is 3. The summed E-state index contributed by atoms with van der Waals surface area (Å²) in [4.78, 5) is 3.86. The quantitative estimate of drug-likeness (QED) is 0.318. The molecule has 12 heavy (non-hydrogen) atoms. The van der Waals surface area contributed by atoms with Gasteiger partial charge in [0.05, 0.1) is 0 Å². The van der Waals surface area contributed by atoms with Crippen molar-refractivity contribution < 1.29 is 0 Å². The van der Waals surface area contributed by atoms with Crippen LogP contribution in [0.15, 0.2) is 34.3 Å². The van der Waals surface area contributed by atoms with E-state index in [-0.39, 0.29) is 0 Å². The minimum atomic E-state index is 0.656. The van der Waals surface area contributed by atoms with Gasteiger partial charge in [0, 0.05) is 15.5 Å². The second-order valence-electron chi connectivity index (χ2n) is 1.93. The number of benzene rings is 1. The van der Waals surface area contributed by atoms with Crippen LogP contribution in [0.5, 0.6) is 0 Å². The van der Waals surface area contributed by atoms with Gasteiger partial charge in [0.2, 0.25) is 0 Å². The fourth-order valence-electron chi connectivity index (χ4n) is 0.716. The Morgan fingerprint density at radius 2 is 2.00 bits per heavy atom. The van der Waals surface area contributed by atoms with Crippen molar-refractivity contribution in [1.82, 2.24) is 0 Å². The lowest BCUT2D eigenvalue weighted by atomic mass is 10.3. The van der Waals surface area contributed by atoms with Crippen molar-refractivity contribution in [3.05, 3.63) is 34.7 Å². The van der Waals surface area contributed by atoms with Crippen LogP contribution in [0.3, 0.4) is 0 Å². The van der Waals surface area contributed by atoms with Crippen molar-refractivity contribution in [1.29, 1.82) is 0 Å². The molecular weight excluding hydrogens is 190 g/mol. The van der Waals surface area contributed by atoms with Gasteiger partial charge < -0.3 is 0 Å². The van der Waals surface area contributed by atoms with E-state index in [2.05, 4.69) is 10.0 Å². The average molecular weight is 197 g/mol. The Morgan fingerprint density at radius 1 is 1.33 bits per heavy atom. The molecule has 0 saturated carbocycles. The van der Waals surface area contributed by atoms with Crippen molar-refractivity contribution in [2.45, 2.75) is 4.90 Å². The van der Waals surface area contributed by atoms with E-state index in [1.807, 2.05) is 18.4 Å². The third kappa shape index (κ3) is 2.70. The molecule has 0 aliphatic carbocycles. The molecule has 0 N–H and O–H groups in total. The molecule has 0 saturated heterocycles. The van der Waals surface area contributed by atoms with Crippen molar-refractivity contribution in [2.24, 2.45) is 5.11 Å². The van der Waals surface area contributed by atoms with Gasteiger partial charge in [0.25, 0.3) is 0 Å². The van der Waals surface area contributed by atoms with Crippen LogP contribution in [-0.2, 0) is 0 Å². The van der Waals surface area contributed by atoms with Crippen LogP contribution in [0.4, 0.5) is 5.69 Å². The highest BCUT2D eigenvalue weighted by atomic mass is 33.1. The number of hydrogen-bond donors (Lipinski definition) is 0. The summed E-state index contributed by atoms with van der Waals surface area (Å²) in [5.41, 5.74) is 8.80. The maximum atomic E-state index is 8.14. The van der Waals surface area contributed by atoms with Crippen molar-refractivity contribution in [3.63, 3.8) is 0 Å². The third-order valence-electron chi connectivity index (χ3n) is 1.18. The van der Waals surface area contributed by atoms with Gasteiger partial charge in [-0.1, -0.05) is 38.8 Å². The molecular formula is C7H7N3S2. The highest BCUT2D eigenvalue weighted by Crippen LogP contribution is 2.29. The lowest BCUT2D eigenvalue weighted by Gasteiger charge is -1.96. The molecule has 0 spiro atoms. The smallest absolute Gasteiger partial charge is 0.0376 e. The summed E-state index contributed by atoms with van der Waals surface area (Å²) in [6.45, 7) is 0. The Balaban J connectivity index is 2.77. The summed E-state index contributed by atoms with van der Waals surface area (Å²) in [5.74, 6) is 0. The van der Waals surface area contributed by atoms with Gasteiger partial charge in [0.15, 0.2) is 0 Å². The highest BCUT2D eigenvalue weighted by molar-refractivity contribution is 8.76. The molecule has 5 heteroatoms. The van der Waals surface area contributed by atoms with Gasteiger partial charge in [-0.3, -0.25) is 0 Å². The molecule has 1 aromatic carbocycles. The Morgan fingerprint density at radius 3 is 2.50 bits per heavy atom. The fourth-order valence-corrected chi connectivity index (χ4v) is 2.07. The van der Waals surface area contributed by atoms with E-state index in [1.165, 1.54) is 4.90 Å². The van der Waals surface area contributed by atoms with E-state index in [1.54, 1.807) is 33.7 Å². The monoisotopic (exact) mass is 197 g/mol. The zero-order chi connectivity index (χ0) is 8.81. The summed E-state index contributed by atoms with van der Waals surface area (Å²) < 4.78 is 0. The molecule has 1 rings (SSSR count). The van der Waals surface area contributed by atoms with Gasteiger partial charge in [-0.2, -0.15) is 0 Å². The third-order valence-corrected chi connectivity index (χ3v) is 2.89. The zero-order valence-electron chi connectivity index (χ0n) is 6.47. The molecule has 0 radical (unpaired) electrons. The molecule has 0 heterocycles.